The van der Waals surface area contributed by atoms with Gasteiger partial charge in [-0.15, -0.1) is 11.3 Å². The molecule has 7 heteroatoms. The Morgan fingerprint density at radius 1 is 0.939 bits per heavy atom. The van der Waals surface area contributed by atoms with E-state index in [2.05, 4.69) is 21.7 Å². The summed E-state index contributed by atoms with van der Waals surface area (Å²) in [6, 6.07) is 22.4. The van der Waals surface area contributed by atoms with E-state index >= 15 is 0 Å². The van der Waals surface area contributed by atoms with Crippen LogP contribution < -0.4 is 20.1 Å². The zero-order valence-corrected chi connectivity index (χ0v) is 19.5. The number of carbonyl (C=O) groups is 1. The number of thiophene rings is 1. The Kier molecular flexibility index (Phi) is 6.90. The lowest BCUT2D eigenvalue weighted by Crippen LogP contribution is -2.17. The Morgan fingerprint density at radius 2 is 1.73 bits per heavy atom. The van der Waals surface area contributed by atoms with Gasteiger partial charge in [-0.1, -0.05) is 36.4 Å². The molecule has 4 rings (SSSR count). The molecule has 0 unspecified atom stereocenters. The highest BCUT2D eigenvalue weighted by molar-refractivity contribution is 7.16. The fourth-order valence-electron chi connectivity index (χ4n) is 3.67. The number of amides is 1. The fraction of sp³-hybridized carbons (Fsp3) is 0.154. The van der Waals surface area contributed by atoms with Gasteiger partial charge in [0.05, 0.1) is 20.3 Å². The molecule has 1 atom stereocenters. The number of anilines is 2. The van der Waals surface area contributed by atoms with Gasteiger partial charge in [0.2, 0.25) is 0 Å². The van der Waals surface area contributed by atoms with Crippen LogP contribution in [-0.2, 0) is 0 Å². The van der Waals surface area contributed by atoms with Crippen LogP contribution in [0, 0.1) is 6.92 Å². The Hall–Kier alpha value is -3.84. The predicted octanol–water partition coefficient (Wildman–Crippen LogP) is 5.92. The van der Waals surface area contributed by atoms with Crippen molar-refractivity contribution in [3.8, 4) is 11.5 Å². The second-order valence-corrected chi connectivity index (χ2v) is 8.59. The average molecular weight is 460 g/mol. The van der Waals surface area contributed by atoms with E-state index < -0.39 is 0 Å². The van der Waals surface area contributed by atoms with E-state index in [0.29, 0.717) is 22.9 Å². The maximum Gasteiger partial charge on any atom is 0.256 e. The van der Waals surface area contributed by atoms with E-state index in [4.69, 9.17) is 9.47 Å². The molecule has 168 valence electrons. The molecule has 2 aromatic carbocycles. The third-order valence-corrected chi connectivity index (χ3v) is 6.14. The van der Waals surface area contributed by atoms with Crippen LogP contribution in [-0.4, -0.2) is 25.1 Å². The van der Waals surface area contributed by atoms with Crippen LogP contribution >= 0.6 is 11.3 Å². The quantitative estimate of drug-likeness (QED) is 0.342. The minimum Gasteiger partial charge on any atom is -0.493 e. The lowest BCUT2D eigenvalue weighted by Gasteiger charge is -2.24. The molecule has 6 nitrogen and oxygen atoms in total. The first-order valence-electron chi connectivity index (χ1n) is 10.5. The summed E-state index contributed by atoms with van der Waals surface area (Å²) >= 11 is 1.53. The molecule has 2 aromatic heterocycles. The molecular weight excluding hydrogens is 434 g/mol. The normalized spacial score (nSPS) is 11.5. The largest absolute Gasteiger partial charge is 0.493 e. The molecule has 1 amide bonds. The van der Waals surface area contributed by atoms with Crippen molar-refractivity contribution in [1.82, 2.24) is 4.98 Å². The number of hydrogen-bond donors (Lipinski definition) is 2. The van der Waals surface area contributed by atoms with Crippen LogP contribution in [0.15, 0.2) is 79.0 Å². The van der Waals surface area contributed by atoms with Gasteiger partial charge in [-0.2, -0.15) is 0 Å². The molecule has 2 heterocycles. The number of hydrogen-bond acceptors (Lipinski definition) is 6. The number of pyridine rings is 1. The molecule has 0 aliphatic heterocycles. The fourth-order valence-corrected chi connectivity index (χ4v) is 4.62. The monoisotopic (exact) mass is 459 g/mol. The Balaban J connectivity index is 1.80. The number of rotatable bonds is 8. The maximum absolute atomic E-state index is 12.9. The van der Waals surface area contributed by atoms with E-state index in [1.165, 1.54) is 11.3 Å². The summed E-state index contributed by atoms with van der Waals surface area (Å²) in [5.41, 5.74) is 2.39. The van der Waals surface area contributed by atoms with Crippen molar-refractivity contribution < 1.29 is 14.3 Å². The second-order valence-electron chi connectivity index (χ2n) is 7.34. The first-order valence-corrected chi connectivity index (χ1v) is 11.3. The topological polar surface area (TPSA) is 72.5 Å². The molecule has 0 saturated carbocycles. The predicted molar refractivity (Wildman–Crippen MR) is 133 cm³/mol. The molecule has 33 heavy (non-hydrogen) atoms. The number of ether oxygens (including phenoxy) is 2. The second kappa shape index (κ2) is 10.2. The summed E-state index contributed by atoms with van der Waals surface area (Å²) in [6.45, 7) is 2.02. The Morgan fingerprint density at radius 3 is 2.42 bits per heavy atom. The van der Waals surface area contributed by atoms with Crippen molar-refractivity contribution in [3.63, 3.8) is 0 Å². The highest BCUT2D eigenvalue weighted by Gasteiger charge is 2.26. The standard InChI is InChI=1S/C26H25N3O3S/c1-17-16-20(26(33-17)29-25(30)18-10-5-4-6-11-18)23(28-22-14-7-8-15-27-22)19-12-9-13-21(31-2)24(19)32-3/h4-16,23H,1-3H3,(H,27,28)(H,29,30)/t23-/m1/s1. The molecule has 0 aliphatic carbocycles. The van der Waals surface area contributed by atoms with Gasteiger partial charge in [0.1, 0.15) is 10.8 Å². The first-order chi connectivity index (χ1) is 16.1. The number of benzene rings is 2. The van der Waals surface area contributed by atoms with Crippen LogP contribution in [0.1, 0.15) is 32.4 Å². The smallest absolute Gasteiger partial charge is 0.256 e. The van der Waals surface area contributed by atoms with Gasteiger partial charge < -0.3 is 20.1 Å². The third-order valence-electron chi connectivity index (χ3n) is 5.16. The summed E-state index contributed by atoms with van der Waals surface area (Å²) in [5, 5.41) is 7.37. The average Bonchev–Trinajstić information content (AvgIpc) is 3.22. The summed E-state index contributed by atoms with van der Waals surface area (Å²) in [5.74, 6) is 1.80. The number of nitrogens with one attached hydrogen (secondary N) is 2. The van der Waals surface area contributed by atoms with Crippen molar-refractivity contribution in [2.45, 2.75) is 13.0 Å². The molecule has 0 fully saturated rings. The zero-order chi connectivity index (χ0) is 23.2. The van der Waals surface area contributed by atoms with Crippen molar-refractivity contribution in [3.05, 3.63) is 101 Å². The van der Waals surface area contributed by atoms with Gasteiger partial charge in [-0.3, -0.25) is 4.79 Å². The van der Waals surface area contributed by atoms with Crippen molar-refractivity contribution in [2.24, 2.45) is 0 Å². The van der Waals surface area contributed by atoms with Gasteiger partial charge in [0.15, 0.2) is 11.5 Å². The number of aromatic nitrogens is 1. The molecule has 0 aliphatic rings. The van der Waals surface area contributed by atoms with Gasteiger partial charge in [0.25, 0.3) is 5.91 Å². The van der Waals surface area contributed by atoms with Crippen LogP contribution in [0.2, 0.25) is 0 Å². The number of para-hydroxylation sites is 1. The Bertz CT molecular complexity index is 1230. The summed E-state index contributed by atoms with van der Waals surface area (Å²) in [6.07, 6.45) is 1.74. The van der Waals surface area contributed by atoms with Crippen molar-refractivity contribution in [2.75, 3.05) is 24.9 Å². The summed E-state index contributed by atoms with van der Waals surface area (Å²) in [7, 11) is 3.24. The molecule has 0 radical (unpaired) electrons. The third kappa shape index (κ3) is 4.99. The van der Waals surface area contributed by atoms with E-state index in [1.54, 1.807) is 32.5 Å². The summed E-state index contributed by atoms with van der Waals surface area (Å²) < 4.78 is 11.3. The van der Waals surface area contributed by atoms with Crippen molar-refractivity contribution >= 4 is 28.1 Å². The molecular formula is C26H25N3O3S. The minimum absolute atomic E-state index is 0.159. The highest BCUT2D eigenvalue weighted by Crippen LogP contribution is 2.43. The molecule has 0 spiro atoms. The number of nitrogens with zero attached hydrogens (tertiary/aromatic N) is 1. The van der Waals surface area contributed by atoms with E-state index in [0.717, 1.165) is 21.0 Å². The Labute approximate surface area is 197 Å². The minimum atomic E-state index is -0.346. The van der Waals surface area contributed by atoms with Crippen molar-refractivity contribution in [1.29, 1.82) is 0 Å². The SMILES string of the molecule is COc1cccc([C@@H](Nc2ccccn2)c2cc(C)sc2NC(=O)c2ccccc2)c1OC. The van der Waals surface area contributed by atoms with Gasteiger partial charge in [0, 0.05) is 27.8 Å². The van der Waals surface area contributed by atoms with Gasteiger partial charge >= 0.3 is 0 Å². The van der Waals surface area contributed by atoms with E-state index in [9.17, 15) is 4.79 Å². The van der Waals surface area contributed by atoms with Crippen LogP contribution in [0.3, 0.4) is 0 Å². The van der Waals surface area contributed by atoms with E-state index in [1.807, 2.05) is 61.5 Å². The van der Waals surface area contributed by atoms with Gasteiger partial charge in [-0.25, -0.2) is 4.98 Å². The number of carbonyl (C=O) groups excluding carboxylic acids is 1. The van der Waals surface area contributed by atoms with Gasteiger partial charge in [-0.05, 0) is 43.3 Å². The molecule has 4 aromatic rings. The highest BCUT2D eigenvalue weighted by atomic mass is 32.1. The van der Waals surface area contributed by atoms with Crippen LogP contribution in [0.5, 0.6) is 11.5 Å². The summed E-state index contributed by atoms with van der Waals surface area (Å²) in [4.78, 5) is 18.5. The molecule has 2 N–H and O–H groups in total. The first kappa shape index (κ1) is 22.4. The van der Waals surface area contributed by atoms with Crippen LogP contribution in [0.25, 0.3) is 0 Å². The lowest BCUT2D eigenvalue weighted by atomic mass is 9.98. The molecule has 0 bridgehead atoms. The van der Waals surface area contributed by atoms with E-state index in [-0.39, 0.29) is 11.9 Å². The maximum atomic E-state index is 12.9. The number of methoxy groups -OCH3 is 2. The number of aryl methyl sites for hydroxylation is 1. The zero-order valence-electron chi connectivity index (χ0n) is 18.7. The lowest BCUT2D eigenvalue weighted by molar-refractivity contribution is 0.102. The molecule has 0 saturated heterocycles. The van der Waals surface area contributed by atoms with Crippen LogP contribution in [0.4, 0.5) is 10.8 Å².